The fraction of sp³-hybridized carbons (Fsp3) is 0.462. The molecule has 0 saturated carbocycles. The van der Waals surface area contributed by atoms with Crippen LogP contribution in [-0.2, 0) is 11.2 Å². The average molecular weight is 205 g/mol. The van der Waals surface area contributed by atoms with Gasteiger partial charge in [0, 0.05) is 25.4 Å². The van der Waals surface area contributed by atoms with Crippen LogP contribution in [0.15, 0.2) is 30.3 Å². The van der Waals surface area contributed by atoms with Crippen molar-refractivity contribution in [3.05, 3.63) is 35.9 Å². The van der Waals surface area contributed by atoms with Crippen LogP contribution in [0.3, 0.4) is 0 Å². The Balaban J connectivity index is 2.25. The topological polar surface area (TPSA) is 29.1 Å². The van der Waals surface area contributed by atoms with Gasteiger partial charge in [0.15, 0.2) is 0 Å². The minimum Gasteiger partial charge on any atom is -0.314 e. The van der Waals surface area contributed by atoms with Gasteiger partial charge in [0.05, 0.1) is 0 Å². The molecular weight excluding hydrogens is 186 g/mol. The molecule has 15 heavy (non-hydrogen) atoms. The monoisotopic (exact) mass is 205 g/mol. The zero-order chi connectivity index (χ0) is 11.1. The highest BCUT2D eigenvalue weighted by molar-refractivity contribution is 5.80. The van der Waals surface area contributed by atoms with Crippen LogP contribution in [0.5, 0.6) is 0 Å². The fourth-order valence-electron chi connectivity index (χ4n) is 1.41. The molecule has 0 aliphatic carbocycles. The molecule has 0 fully saturated rings. The van der Waals surface area contributed by atoms with E-state index in [9.17, 15) is 4.79 Å². The van der Waals surface area contributed by atoms with Gasteiger partial charge in [-0.15, -0.1) is 0 Å². The predicted octanol–water partition coefficient (Wildman–Crippen LogP) is 2.19. The molecule has 0 heterocycles. The van der Waals surface area contributed by atoms with E-state index in [1.54, 1.807) is 0 Å². The zero-order valence-electron chi connectivity index (χ0n) is 9.49. The second kappa shape index (κ2) is 6.36. The van der Waals surface area contributed by atoms with E-state index in [2.05, 4.69) is 19.2 Å². The number of benzene rings is 1. The van der Waals surface area contributed by atoms with Crippen LogP contribution in [-0.4, -0.2) is 18.4 Å². The summed E-state index contributed by atoms with van der Waals surface area (Å²) in [6, 6.07) is 10.3. The molecule has 2 heteroatoms. The highest BCUT2D eigenvalue weighted by atomic mass is 16.1. The molecule has 0 atom stereocenters. The summed E-state index contributed by atoms with van der Waals surface area (Å²) in [7, 11) is 0. The minimum absolute atomic E-state index is 0.300. The van der Waals surface area contributed by atoms with E-state index in [1.807, 2.05) is 30.3 Å². The van der Waals surface area contributed by atoms with Crippen LogP contribution in [0, 0.1) is 0 Å². The second-order valence-electron chi connectivity index (χ2n) is 4.06. The summed E-state index contributed by atoms with van der Waals surface area (Å²) in [5.74, 6) is 0.300. The summed E-state index contributed by atoms with van der Waals surface area (Å²) in [5, 5.41) is 3.24. The summed E-state index contributed by atoms with van der Waals surface area (Å²) in [6.07, 6.45) is 1.17. The Bertz CT molecular complexity index is 293. The molecule has 1 rings (SSSR count). The Hall–Kier alpha value is -1.15. The van der Waals surface area contributed by atoms with Gasteiger partial charge in [0.1, 0.15) is 5.78 Å². The van der Waals surface area contributed by atoms with Gasteiger partial charge in [-0.1, -0.05) is 44.2 Å². The third-order valence-corrected chi connectivity index (χ3v) is 2.20. The number of hydrogen-bond acceptors (Lipinski definition) is 2. The molecule has 82 valence electrons. The van der Waals surface area contributed by atoms with E-state index in [0.717, 1.165) is 12.1 Å². The third kappa shape index (κ3) is 5.33. The van der Waals surface area contributed by atoms with Gasteiger partial charge >= 0.3 is 0 Å². The van der Waals surface area contributed by atoms with Gasteiger partial charge in [-0.3, -0.25) is 4.79 Å². The Morgan fingerprint density at radius 2 is 1.93 bits per heavy atom. The molecule has 0 aliphatic heterocycles. The van der Waals surface area contributed by atoms with Gasteiger partial charge < -0.3 is 5.32 Å². The number of ketones is 1. The second-order valence-corrected chi connectivity index (χ2v) is 4.06. The zero-order valence-corrected chi connectivity index (χ0v) is 9.49. The van der Waals surface area contributed by atoms with Crippen molar-refractivity contribution in [3.63, 3.8) is 0 Å². The minimum atomic E-state index is 0.300. The van der Waals surface area contributed by atoms with Crippen LogP contribution in [0.4, 0.5) is 0 Å². The van der Waals surface area contributed by atoms with Crippen molar-refractivity contribution in [3.8, 4) is 0 Å². The van der Waals surface area contributed by atoms with Crippen LogP contribution in [0.25, 0.3) is 0 Å². The van der Waals surface area contributed by atoms with E-state index in [1.165, 1.54) is 0 Å². The lowest BCUT2D eigenvalue weighted by molar-refractivity contribution is -0.118. The van der Waals surface area contributed by atoms with Gasteiger partial charge in [0.2, 0.25) is 0 Å². The SMILES string of the molecule is CC(C)NCCC(=O)Cc1ccccc1. The van der Waals surface area contributed by atoms with Crippen molar-refractivity contribution in [1.82, 2.24) is 5.32 Å². The fourth-order valence-corrected chi connectivity index (χ4v) is 1.41. The maximum Gasteiger partial charge on any atom is 0.138 e. The molecule has 0 amide bonds. The number of carbonyl (C=O) groups excluding carboxylic acids is 1. The number of Topliss-reactive ketones (excluding diaryl/α,β-unsaturated/α-hetero) is 1. The molecule has 0 aromatic heterocycles. The van der Waals surface area contributed by atoms with Gasteiger partial charge in [-0.25, -0.2) is 0 Å². The number of hydrogen-bond donors (Lipinski definition) is 1. The molecule has 1 N–H and O–H groups in total. The largest absolute Gasteiger partial charge is 0.314 e. The van der Waals surface area contributed by atoms with Crippen LogP contribution in [0.2, 0.25) is 0 Å². The molecule has 1 aromatic carbocycles. The molecular formula is C13H19NO. The summed E-state index contributed by atoms with van der Waals surface area (Å²) >= 11 is 0. The van der Waals surface area contributed by atoms with Crippen LogP contribution >= 0.6 is 0 Å². The Labute approximate surface area is 91.7 Å². The molecule has 0 radical (unpaired) electrons. The normalized spacial score (nSPS) is 10.6. The number of carbonyl (C=O) groups is 1. The Morgan fingerprint density at radius 3 is 2.53 bits per heavy atom. The first-order valence-electron chi connectivity index (χ1n) is 5.47. The lowest BCUT2D eigenvalue weighted by Crippen LogP contribution is -2.25. The molecule has 1 aromatic rings. The van der Waals surface area contributed by atoms with Crippen LogP contribution in [0.1, 0.15) is 25.8 Å². The van der Waals surface area contributed by atoms with Crippen molar-refractivity contribution < 1.29 is 4.79 Å². The Kier molecular flexibility index (Phi) is 5.05. The standard InChI is InChI=1S/C13H19NO/c1-11(2)14-9-8-13(15)10-12-6-4-3-5-7-12/h3-7,11,14H,8-10H2,1-2H3. The van der Waals surface area contributed by atoms with Crippen molar-refractivity contribution in [1.29, 1.82) is 0 Å². The third-order valence-electron chi connectivity index (χ3n) is 2.20. The molecule has 2 nitrogen and oxygen atoms in total. The van der Waals surface area contributed by atoms with Crippen molar-refractivity contribution in [2.24, 2.45) is 0 Å². The first kappa shape index (κ1) is 11.9. The molecule has 0 saturated heterocycles. The quantitative estimate of drug-likeness (QED) is 0.771. The molecule has 0 bridgehead atoms. The first-order chi connectivity index (χ1) is 7.18. The van der Waals surface area contributed by atoms with Crippen molar-refractivity contribution in [2.75, 3.05) is 6.54 Å². The van der Waals surface area contributed by atoms with Gasteiger partial charge in [-0.05, 0) is 5.56 Å². The van der Waals surface area contributed by atoms with Gasteiger partial charge in [-0.2, -0.15) is 0 Å². The number of nitrogens with one attached hydrogen (secondary N) is 1. The van der Waals surface area contributed by atoms with E-state index >= 15 is 0 Å². The lowest BCUT2D eigenvalue weighted by atomic mass is 10.1. The van der Waals surface area contributed by atoms with Crippen LogP contribution < -0.4 is 5.32 Å². The maximum absolute atomic E-state index is 11.6. The summed E-state index contributed by atoms with van der Waals surface area (Å²) in [4.78, 5) is 11.6. The van der Waals surface area contributed by atoms with Gasteiger partial charge in [0.25, 0.3) is 0 Å². The van der Waals surface area contributed by atoms with E-state index in [-0.39, 0.29) is 0 Å². The maximum atomic E-state index is 11.6. The van der Waals surface area contributed by atoms with Crippen molar-refractivity contribution in [2.45, 2.75) is 32.7 Å². The number of rotatable bonds is 6. The smallest absolute Gasteiger partial charge is 0.138 e. The van der Waals surface area contributed by atoms with E-state index in [4.69, 9.17) is 0 Å². The molecule has 0 aliphatic rings. The summed E-state index contributed by atoms with van der Waals surface area (Å²) in [5.41, 5.74) is 1.10. The van der Waals surface area contributed by atoms with E-state index < -0.39 is 0 Å². The summed E-state index contributed by atoms with van der Waals surface area (Å²) < 4.78 is 0. The Morgan fingerprint density at radius 1 is 1.27 bits per heavy atom. The highest BCUT2D eigenvalue weighted by Crippen LogP contribution is 2.01. The highest BCUT2D eigenvalue weighted by Gasteiger charge is 2.03. The molecule has 0 unspecified atom stereocenters. The lowest BCUT2D eigenvalue weighted by Gasteiger charge is -2.06. The summed E-state index contributed by atoms with van der Waals surface area (Å²) in [6.45, 7) is 4.95. The molecule has 0 spiro atoms. The van der Waals surface area contributed by atoms with Crippen molar-refractivity contribution >= 4 is 5.78 Å². The predicted molar refractivity (Wildman–Crippen MR) is 62.9 cm³/mol. The average Bonchev–Trinajstić information content (AvgIpc) is 2.18. The first-order valence-corrected chi connectivity index (χ1v) is 5.47. The van der Waals surface area contributed by atoms with E-state index in [0.29, 0.717) is 24.7 Å².